The highest BCUT2D eigenvalue weighted by Gasteiger charge is 2.30. The zero-order chi connectivity index (χ0) is 23.0. The number of benzene rings is 2. The Labute approximate surface area is 191 Å². The molecule has 3 heterocycles. The predicted molar refractivity (Wildman–Crippen MR) is 123 cm³/mol. The van der Waals surface area contributed by atoms with Crippen LogP contribution in [0.3, 0.4) is 0 Å². The van der Waals surface area contributed by atoms with E-state index in [9.17, 15) is 17.6 Å². The minimum absolute atomic E-state index is 0.132. The third kappa shape index (κ3) is 4.11. The van der Waals surface area contributed by atoms with Crippen molar-refractivity contribution in [3.8, 4) is 0 Å². The first-order valence-electron chi connectivity index (χ1n) is 10.9. The molecule has 0 aliphatic carbocycles. The van der Waals surface area contributed by atoms with Gasteiger partial charge in [-0.3, -0.25) is 4.79 Å². The second-order valence-electron chi connectivity index (χ2n) is 8.20. The van der Waals surface area contributed by atoms with E-state index in [0.717, 1.165) is 9.77 Å². The second-order valence-corrected chi connectivity index (χ2v) is 9.97. The highest BCUT2D eigenvalue weighted by molar-refractivity contribution is 7.89. The number of carbonyl (C=O) groups is 1. The van der Waals surface area contributed by atoms with Crippen molar-refractivity contribution in [2.24, 2.45) is 0 Å². The van der Waals surface area contributed by atoms with Crippen LogP contribution in [0.2, 0.25) is 0 Å². The van der Waals surface area contributed by atoms with E-state index in [1.165, 1.54) is 12.1 Å². The van der Waals surface area contributed by atoms with Crippen molar-refractivity contribution < 1.29 is 17.6 Å². The van der Waals surface area contributed by atoms with E-state index in [4.69, 9.17) is 0 Å². The van der Waals surface area contributed by atoms with Crippen LogP contribution >= 0.6 is 0 Å². The van der Waals surface area contributed by atoms with Crippen molar-refractivity contribution in [1.29, 1.82) is 0 Å². The maximum atomic E-state index is 13.4. The SMILES string of the molecule is O=C(Nc1nn(S(=O)(=O)c2ccccc2)c2c1CNC2)c1ccc(N2CCC(F)CC2)cc1. The highest BCUT2D eigenvalue weighted by atomic mass is 32.2. The van der Waals surface area contributed by atoms with Gasteiger partial charge in [0.2, 0.25) is 0 Å². The molecule has 33 heavy (non-hydrogen) atoms. The number of rotatable bonds is 5. The third-order valence-corrected chi connectivity index (χ3v) is 7.70. The molecule has 0 spiro atoms. The van der Waals surface area contributed by atoms with E-state index in [-0.39, 0.29) is 16.6 Å². The van der Waals surface area contributed by atoms with Gasteiger partial charge in [-0.2, -0.15) is 12.5 Å². The lowest BCUT2D eigenvalue weighted by Crippen LogP contribution is -2.34. The van der Waals surface area contributed by atoms with Gasteiger partial charge in [-0.1, -0.05) is 18.2 Å². The average Bonchev–Trinajstić information content (AvgIpc) is 3.44. The molecule has 1 aromatic heterocycles. The molecule has 0 unspecified atom stereocenters. The first-order valence-corrected chi connectivity index (χ1v) is 12.3. The van der Waals surface area contributed by atoms with Gasteiger partial charge in [-0.15, -0.1) is 5.10 Å². The molecule has 0 bridgehead atoms. The summed E-state index contributed by atoms with van der Waals surface area (Å²) in [4.78, 5) is 15.1. The number of hydrogen-bond acceptors (Lipinski definition) is 6. The molecule has 172 valence electrons. The van der Waals surface area contributed by atoms with Crippen molar-refractivity contribution in [1.82, 2.24) is 14.5 Å². The van der Waals surface area contributed by atoms with Crippen molar-refractivity contribution in [3.05, 3.63) is 71.4 Å². The number of amides is 1. The van der Waals surface area contributed by atoms with E-state index in [1.807, 2.05) is 12.1 Å². The van der Waals surface area contributed by atoms with Crippen LogP contribution in [0.1, 0.15) is 34.5 Å². The summed E-state index contributed by atoms with van der Waals surface area (Å²) in [6.07, 6.45) is 0.277. The highest BCUT2D eigenvalue weighted by Crippen LogP contribution is 2.28. The summed E-state index contributed by atoms with van der Waals surface area (Å²) in [7, 11) is -3.88. The van der Waals surface area contributed by atoms with E-state index < -0.39 is 16.2 Å². The standard InChI is InChI=1S/C23H24FN5O3S/c24-17-10-12-28(13-11-17)18-8-6-16(7-9-18)23(30)26-22-20-14-25-15-21(20)29(27-22)33(31,32)19-4-2-1-3-5-19/h1-9,17,25H,10-15H2,(H,26,27,30). The monoisotopic (exact) mass is 469 g/mol. The largest absolute Gasteiger partial charge is 0.371 e. The molecule has 5 rings (SSSR count). The molecule has 10 heteroatoms. The first-order chi connectivity index (χ1) is 15.9. The maximum absolute atomic E-state index is 13.4. The molecule has 3 aromatic rings. The van der Waals surface area contributed by atoms with Crippen LogP contribution in [0.5, 0.6) is 0 Å². The molecule has 2 aromatic carbocycles. The quantitative estimate of drug-likeness (QED) is 0.597. The topological polar surface area (TPSA) is 96.3 Å². The van der Waals surface area contributed by atoms with Crippen molar-refractivity contribution in [3.63, 3.8) is 0 Å². The first kappa shape index (κ1) is 21.6. The van der Waals surface area contributed by atoms with Gasteiger partial charge in [0.25, 0.3) is 15.9 Å². The lowest BCUT2D eigenvalue weighted by atomic mass is 10.1. The Morgan fingerprint density at radius 2 is 1.73 bits per heavy atom. The molecule has 0 atom stereocenters. The van der Waals surface area contributed by atoms with Crippen LogP contribution in [0.4, 0.5) is 15.9 Å². The molecule has 8 nitrogen and oxygen atoms in total. The Morgan fingerprint density at radius 1 is 1.03 bits per heavy atom. The number of nitrogens with one attached hydrogen (secondary N) is 2. The molecule has 1 saturated heterocycles. The van der Waals surface area contributed by atoms with Crippen LogP contribution in [0.25, 0.3) is 0 Å². The van der Waals surface area contributed by atoms with E-state index in [0.29, 0.717) is 55.8 Å². The number of hydrogen-bond donors (Lipinski definition) is 2. The molecular weight excluding hydrogens is 445 g/mol. The minimum atomic E-state index is -3.88. The second kappa shape index (κ2) is 8.60. The van der Waals surface area contributed by atoms with Crippen LogP contribution in [-0.2, 0) is 23.1 Å². The fraction of sp³-hybridized carbons (Fsp3) is 0.304. The van der Waals surface area contributed by atoms with E-state index in [1.54, 1.807) is 30.3 Å². The maximum Gasteiger partial charge on any atom is 0.283 e. The molecule has 2 N–H and O–H groups in total. The van der Waals surface area contributed by atoms with E-state index >= 15 is 0 Å². The van der Waals surface area contributed by atoms with Crippen molar-refractivity contribution in [2.75, 3.05) is 23.3 Å². The Hall–Kier alpha value is -3.24. The lowest BCUT2D eigenvalue weighted by molar-refractivity contribution is 0.102. The number of nitrogens with zero attached hydrogens (tertiary/aromatic N) is 3. The minimum Gasteiger partial charge on any atom is -0.371 e. The molecule has 2 aliphatic heterocycles. The Morgan fingerprint density at radius 3 is 2.42 bits per heavy atom. The fourth-order valence-electron chi connectivity index (χ4n) is 4.23. The molecule has 1 amide bonds. The molecule has 2 aliphatic rings. The van der Waals surface area contributed by atoms with Gasteiger partial charge in [0.1, 0.15) is 6.17 Å². The number of aromatic nitrogens is 2. The van der Waals surface area contributed by atoms with Gasteiger partial charge in [0, 0.05) is 43.0 Å². The van der Waals surface area contributed by atoms with Gasteiger partial charge in [0.15, 0.2) is 5.82 Å². The van der Waals surface area contributed by atoms with Crippen LogP contribution in [0.15, 0.2) is 59.5 Å². The molecule has 0 saturated carbocycles. The summed E-state index contributed by atoms with van der Waals surface area (Å²) < 4.78 is 40.6. The number of fused-ring (bicyclic) bond motifs is 1. The molecule has 0 radical (unpaired) electrons. The van der Waals surface area contributed by atoms with Crippen molar-refractivity contribution >= 4 is 27.4 Å². The predicted octanol–water partition coefficient (Wildman–Crippen LogP) is 2.91. The smallest absolute Gasteiger partial charge is 0.283 e. The number of alkyl halides is 1. The van der Waals surface area contributed by atoms with E-state index in [2.05, 4.69) is 20.6 Å². The zero-order valence-corrected chi connectivity index (χ0v) is 18.7. The normalized spacial score (nSPS) is 16.6. The summed E-state index contributed by atoms with van der Waals surface area (Å²) in [6, 6.07) is 15.2. The van der Waals surface area contributed by atoms with Gasteiger partial charge < -0.3 is 15.5 Å². The van der Waals surface area contributed by atoms with Gasteiger partial charge in [-0.25, -0.2) is 4.39 Å². The zero-order valence-electron chi connectivity index (χ0n) is 17.9. The summed E-state index contributed by atoms with van der Waals surface area (Å²) in [6.45, 7) is 2.06. The van der Waals surface area contributed by atoms with Crippen LogP contribution in [0, 0.1) is 0 Å². The van der Waals surface area contributed by atoms with Gasteiger partial charge >= 0.3 is 0 Å². The number of halogens is 1. The Balaban J connectivity index is 1.37. The summed E-state index contributed by atoms with van der Waals surface area (Å²) in [5.74, 6) is -0.144. The average molecular weight is 470 g/mol. The summed E-state index contributed by atoms with van der Waals surface area (Å²) in [5, 5.41) is 10.1. The van der Waals surface area contributed by atoms with Gasteiger partial charge in [0.05, 0.1) is 10.6 Å². The number of carbonyl (C=O) groups excluding carboxylic acids is 1. The Kier molecular flexibility index (Phi) is 5.63. The third-order valence-electron chi connectivity index (χ3n) is 6.07. The van der Waals surface area contributed by atoms with Crippen LogP contribution < -0.4 is 15.5 Å². The summed E-state index contributed by atoms with van der Waals surface area (Å²) >= 11 is 0. The fourth-order valence-corrected chi connectivity index (χ4v) is 5.59. The molecular formula is C23H24FN5O3S. The number of piperidine rings is 1. The van der Waals surface area contributed by atoms with Gasteiger partial charge in [-0.05, 0) is 49.2 Å². The molecule has 1 fully saturated rings. The van der Waals surface area contributed by atoms with Crippen LogP contribution in [-0.4, -0.2) is 42.8 Å². The van der Waals surface area contributed by atoms with Crippen molar-refractivity contribution in [2.45, 2.75) is 37.0 Å². The summed E-state index contributed by atoms with van der Waals surface area (Å²) in [5.41, 5.74) is 2.55. The Bertz CT molecular complexity index is 1270. The lowest BCUT2D eigenvalue weighted by Gasteiger charge is -2.30. The number of anilines is 2.